The van der Waals surface area contributed by atoms with E-state index >= 15 is 0 Å². The fraction of sp³-hybridized carbons (Fsp3) is 0.286. The van der Waals surface area contributed by atoms with E-state index in [9.17, 15) is 13.7 Å². The van der Waals surface area contributed by atoms with Crippen molar-refractivity contribution in [3.05, 3.63) is 71.8 Å². The summed E-state index contributed by atoms with van der Waals surface area (Å²) < 4.78 is 28.7. The van der Waals surface area contributed by atoms with Crippen molar-refractivity contribution in [1.82, 2.24) is 19.8 Å². The van der Waals surface area contributed by atoms with Crippen LogP contribution in [-0.4, -0.2) is 41.3 Å². The van der Waals surface area contributed by atoms with E-state index in [-0.39, 0.29) is 5.75 Å². The number of benzene rings is 2. The lowest BCUT2D eigenvalue weighted by atomic mass is 10.1. The summed E-state index contributed by atoms with van der Waals surface area (Å²) in [5, 5.41) is 24.3. The van der Waals surface area contributed by atoms with Gasteiger partial charge in [0.1, 0.15) is 18.4 Å². The molecule has 1 aliphatic rings. The van der Waals surface area contributed by atoms with Crippen LogP contribution in [0.1, 0.15) is 29.5 Å². The average Bonchev–Trinajstić information content (AvgIpc) is 3.46. The summed E-state index contributed by atoms with van der Waals surface area (Å²) in [6.07, 6.45) is 5.55. The molecule has 1 fully saturated rings. The molecule has 166 valence electrons. The molecule has 10 nitrogen and oxygen atoms in total. The Hall–Kier alpha value is -3.46. The van der Waals surface area contributed by atoms with Gasteiger partial charge in [0.15, 0.2) is 0 Å². The monoisotopic (exact) mass is 453 g/mol. The van der Waals surface area contributed by atoms with Crippen molar-refractivity contribution in [2.24, 2.45) is 5.14 Å². The molecule has 2 N–H and O–H groups in total. The molecule has 0 spiro atoms. The van der Waals surface area contributed by atoms with Crippen LogP contribution in [0.2, 0.25) is 0 Å². The lowest BCUT2D eigenvalue weighted by Gasteiger charge is -2.26. The van der Waals surface area contributed by atoms with Gasteiger partial charge in [-0.25, -0.2) is 4.68 Å². The Bertz CT molecular complexity index is 1200. The molecule has 0 saturated carbocycles. The lowest BCUT2D eigenvalue weighted by Crippen LogP contribution is -2.28. The van der Waals surface area contributed by atoms with Crippen molar-refractivity contribution >= 4 is 16.0 Å². The molecular weight excluding hydrogens is 430 g/mol. The number of hydrogen-bond acceptors (Lipinski definition) is 8. The van der Waals surface area contributed by atoms with Crippen molar-refractivity contribution in [1.29, 1.82) is 5.26 Å². The zero-order valence-electron chi connectivity index (χ0n) is 17.3. The molecule has 1 aliphatic heterocycles. The molecule has 4 rings (SSSR count). The van der Waals surface area contributed by atoms with Gasteiger partial charge in [-0.15, -0.1) is 10.2 Å². The summed E-state index contributed by atoms with van der Waals surface area (Å²) in [5.41, 5.74) is 3.41. The van der Waals surface area contributed by atoms with Crippen LogP contribution in [0.4, 0.5) is 5.69 Å². The largest absolute Gasteiger partial charge is 0.380 e. The number of nitrogens with two attached hydrogens (primary N) is 1. The molecule has 0 aliphatic carbocycles. The molecule has 1 saturated heterocycles. The second-order valence-corrected chi connectivity index (χ2v) is 8.71. The van der Waals surface area contributed by atoms with Gasteiger partial charge in [0.2, 0.25) is 0 Å². The van der Waals surface area contributed by atoms with E-state index in [4.69, 9.17) is 9.32 Å². The van der Waals surface area contributed by atoms with Crippen LogP contribution in [-0.2, 0) is 23.4 Å². The third-order valence-corrected chi connectivity index (χ3v) is 5.68. The molecule has 0 radical (unpaired) electrons. The fourth-order valence-corrected chi connectivity index (χ4v) is 4.13. The van der Waals surface area contributed by atoms with Crippen LogP contribution in [0.3, 0.4) is 0 Å². The highest BCUT2D eigenvalue weighted by molar-refractivity contribution is 7.84. The third-order valence-electron chi connectivity index (χ3n) is 5.25. The lowest BCUT2D eigenvalue weighted by molar-refractivity contribution is 0.331. The van der Waals surface area contributed by atoms with Crippen LogP contribution in [0.5, 0.6) is 5.75 Å². The molecule has 0 bridgehead atoms. The number of likely N-dealkylation sites (tertiary alicyclic amines) is 1. The number of nitrogens with zero attached hydrogens (tertiary/aromatic N) is 6. The van der Waals surface area contributed by atoms with Crippen LogP contribution < -0.4 is 14.3 Å². The predicted molar refractivity (Wildman–Crippen MR) is 117 cm³/mol. The molecule has 0 amide bonds. The predicted octanol–water partition coefficient (Wildman–Crippen LogP) is 1.80. The van der Waals surface area contributed by atoms with Crippen molar-refractivity contribution in [3.63, 3.8) is 0 Å². The van der Waals surface area contributed by atoms with Crippen molar-refractivity contribution in [2.45, 2.75) is 25.9 Å². The summed E-state index contributed by atoms with van der Waals surface area (Å²) in [4.78, 5) is 2.35. The van der Waals surface area contributed by atoms with E-state index in [1.165, 1.54) is 12.8 Å². The second kappa shape index (κ2) is 9.35. The van der Waals surface area contributed by atoms with Gasteiger partial charge in [-0.1, -0.05) is 12.1 Å². The van der Waals surface area contributed by atoms with Gasteiger partial charge in [-0.2, -0.15) is 18.8 Å². The zero-order valence-corrected chi connectivity index (χ0v) is 18.1. The van der Waals surface area contributed by atoms with Gasteiger partial charge in [0, 0.05) is 6.54 Å². The average molecular weight is 454 g/mol. The van der Waals surface area contributed by atoms with Gasteiger partial charge in [-0.3, -0.25) is 9.91 Å². The Labute approximate surface area is 186 Å². The molecule has 2 heterocycles. The normalized spacial score (nSPS) is 14.2. The third kappa shape index (κ3) is 5.42. The zero-order chi connectivity index (χ0) is 22.6. The van der Waals surface area contributed by atoms with E-state index in [1.807, 2.05) is 23.2 Å². The Balaban J connectivity index is 1.62. The van der Waals surface area contributed by atoms with Gasteiger partial charge in [0.25, 0.3) is 0 Å². The Kier molecular flexibility index (Phi) is 6.36. The van der Waals surface area contributed by atoms with E-state index in [0.29, 0.717) is 12.1 Å². The highest BCUT2D eigenvalue weighted by atomic mass is 32.2. The van der Waals surface area contributed by atoms with E-state index < -0.39 is 10.3 Å². The number of nitriles is 1. The van der Waals surface area contributed by atoms with Crippen molar-refractivity contribution in [3.8, 4) is 11.8 Å². The number of hydrogen-bond donors (Lipinski definition) is 1. The van der Waals surface area contributed by atoms with E-state index in [1.54, 1.807) is 41.6 Å². The van der Waals surface area contributed by atoms with E-state index in [2.05, 4.69) is 21.2 Å². The molecule has 3 aromatic rings. The minimum Gasteiger partial charge on any atom is -0.371 e. The van der Waals surface area contributed by atoms with Gasteiger partial charge < -0.3 is 4.18 Å². The highest BCUT2D eigenvalue weighted by Crippen LogP contribution is 2.25. The standard InChI is InChI=1S/C21H23N7O3S/c22-12-18-5-6-20(11-19(18)14-26-9-1-2-10-26)28(27-15-24-25-16-27)13-17-3-7-21(8-4-17)31-32(23,29)30/h3-8,11,15-16H,1-2,9-10,13-14H2,(H2,23,29,30). The Morgan fingerprint density at radius 3 is 2.41 bits per heavy atom. The maximum atomic E-state index is 11.1. The molecule has 32 heavy (non-hydrogen) atoms. The molecule has 1 aromatic heterocycles. The summed E-state index contributed by atoms with van der Waals surface area (Å²) in [5.74, 6) is 0.137. The summed E-state index contributed by atoms with van der Waals surface area (Å²) in [7, 11) is -4.07. The highest BCUT2D eigenvalue weighted by Gasteiger charge is 2.17. The van der Waals surface area contributed by atoms with Gasteiger partial charge >= 0.3 is 10.3 Å². The quantitative estimate of drug-likeness (QED) is 0.546. The van der Waals surface area contributed by atoms with Gasteiger partial charge in [0.05, 0.1) is 23.9 Å². The summed E-state index contributed by atoms with van der Waals surface area (Å²) in [6, 6.07) is 14.6. The van der Waals surface area contributed by atoms with Crippen LogP contribution >= 0.6 is 0 Å². The first-order valence-corrected chi connectivity index (χ1v) is 11.6. The van der Waals surface area contributed by atoms with Crippen LogP contribution in [0.25, 0.3) is 0 Å². The minimum absolute atomic E-state index is 0.137. The molecular formula is C21H23N7O3S. The van der Waals surface area contributed by atoms with Crippen molar-refractivity contribution in [2.75, 3.05) is 18.1 Å². The van der Waals surface area contributed by atoms with Crippen molar-refractivity contribution < 1.29 is 12.6 Å². The molecule has 0 unspecified atom stereocenters. The fourth-order valence-electron chi connectivity index (χ4n) is 3.75. The van der Waals surface area contributed by atoms with Gasteiger partial charge in [-0.05, 0) is 67.4 Å². The minimum atomic E-state index is -4.07. The Morgan fingerprint density at radius 2 is 1.78 bits per heavy atom. The summed E-state index contributed by atoms with van der Waals surface area (Å²) in [6.45, 7) is 3.25. The molecule has 2 aromatic carbocycles. The first-order chi connectivity index (χ1) is 15.4. The number of anilines is 1. The maximum absolute atomic E-state index is 11.1. The Morgan fingerprint density at radius 1 is 1.09 bits per heavy atom. The molecule has 11 heteroatoms. The number of aromatic nitrogens is 3. The second-order valence-electron chi connectivity index (χ2n) is 7.56. The smallest absolute Gasteiger partial charge is 0.371 e. The first-order valence-electron chi connectivity index (χ1n) is 10.1. The first kappa shape index (κ1) is 21.8. The maximum Gasteiger partial charge on any atom is 0.380 e. The van der Waals surface area contributed by atoms with Crippen LogP contribution in [0.15, 0.2) is 55.1 Å². The molecule has 0 atom stereocenters. The van der Waals surface area contributed by atoms with E-state index in [0.717, 1.165) is 36.4 Å². The van der Waals surface area contributed by atoms with Crippen LogP contribution in [0, 0.1) is 11.3 Å². The topological polar surface area (TPSA) is 130 Å². The SMILES string of the molecule is N#Cc1ccc(N(Cc2ccc(OS(N)(=O)=O)cc2)n2cnnc2)cc1CN1CCCC1. The number of rotatable bonds is 8. The summed E-state index contributed by atoms with van der Waals surface area (Å²) >= 11 is 0.